The molecule has 0 aromatic carbocycles. The first-order valence-electron chi connectivity index (χ1n) is 7.32. The first-order valence-corrected chi connectivity index (χ1v) is 7.69. The second kappa shape index (κ2) is 6.72. The minimum Gasteiger partial charge on any atom is -0.381 e. The minimum atomic E-state index is 0.276. The number of anilines is 1. The Kier molecular flexibility index (Phi) is 5.22. The minimum absolute atomic E-state index is 0.276. The predicted molar refractivity (Wildman–Crippen MR) is 82.7 cm³/mol. The van der Waals surface area contributed by atoms with Crippen LogP contribution >= 0.6 is 11.6 Å². The zero-order valence-corrected chi connectivity index (χ0v) is 13.6. The summed E-state index contributed by atoms with van der Waals surface area (Å²) in [6.07, 6.45) is 2.37. The van der Waals surface area contributed by atoms with Gasteiger partial charge >= 0.3 is 0 Å². The SMILES string of the molecule is Cc1c(Cl)nc(C(C)C)nc1N(C)CC1CCCOC1. The number of halogens is 1. The summed E-state index contributed by atoms with van der Waals surface area (Å²) in [6.45, 7) is 8.84. The highest BCUT2D eigenvalue weighted by Crippen LogP contribution is 2.26. The lowest BCUT2D eigenvalue weighted by Crippen LogP contribution is -2.32. The van der Waals surface area contributed by atoms with Crippen molar-refractivity contribution in [1.82, 2.24) is 9.97 Å². The number of hydrogen-bond donors (Lipinski definition) is 0. The Labute approximate surface area is 126 Å². The van der Waals surface area contributed by atoms with E-state index in [2.05, 4.69) is 35.8 Å². The quantitative estimate of drug-likeness (QED) is 0.798. The Hall–Kier alpha value is -0.870. The summed E-state index contributed by atoms with van der Waals surface area (Å²) >= 11 is 6.25. The monoisotopic (exact) mass is 297 g/mol. The van der Waals surface area contributed by atoms with Gasteiger partial charge in [0.2, 0.25) is 0 Å². The fourth-order valence-electron chi connectivity index (χ4n) is 2.55. The van der Waals surface area contributed by atoms with Crippen LogP contribution in [0.3, 0.4) is 0 Å². The van der Waals surface area contributed by atoms with Gasteiger partial charge < -0.3 is 9.64 Å². The largest absolute Gasteiger partial charge is 0.381 e. The molecule has 0 bridgehead atoms. The third-order valence-corrected chi connectivity index (χ3v) is 4.11. The first-order chi connectivity index (χ1) is 9.49. The van der Waals surface area contributed by atoms with Crippen LogP contribution in [0.2, 0.25) is 5.15 Å². The van der Waals surface area contributed by atoms with Gasteiger partial charge in [-0.15, -0.1) is 0 Å². The van der Waals surface area contributed by atoms with Crippen molar-refractivity contribution in [3.8, 4) is 0 Å². The van der Waals surface area contributed by atoms with Crippen LogP contribution in [0, 0.1) is 12.8 Å². The summed E-state index contributed by atoms with van der Waals surface area (Å²) in [6, 6.07) is 0. The predicted octanol–water partition coefficient (Wildman–Crippen LogP) is 3.42. The van der Waals surface area contributed by atoms with Crippen molar-refractivity contribution in [2.45, 2.75) is 39.5 Å². The average molecular weight is 298 g/mol. The van der Waals surface area contributed by atoms with Gasteiger partial charge in [-0.3, -0.25) is 0 Å². The molecule has 2 heterocycles. The lowest BCUT2D eigenvalue weighted by molar-refractivity contribution is 0.0576. The smallest absolute Gasteiger partial charge is 0.137 e. The third kappa shape index (κ3) is 3.61. The molecule has 0 saturated carbocycles. The van der Waals surface area contributed by atoms with E-state index in [-0.39, 0.29) is 5.92 Å². The number of ether oxygens (including phenoxy) is 1. The highest BCUT2D eigenvalue weighted by atomic mass is 35.5. The van der Waals surface area contributed by atoms with Crippen molar-refractivity contribution in [3.05, 3.63) is 16.5 Å². The van der Waals surface area contributed by atoms with E-state index in [1.54, 1.807) is 0 Å². The molecule has 1 aliphatic heterocycles. The molecule has 1 aromatic heterocycles. The molecule has 0 N–H and O–H groups in total. The second-order valence-corrected chi connectivity index (χ2v) is 6.30. The highest BCUT2D eigenvalue weighted by molar-refractivity contribution is 6.30. The molecule has 5 heteroatoms. The molecule has 1 saturated heterocycles. The van der Waals surface area contributed by atoms with E-state index in [0.29, 0.717) is 11.1 Å². The number of hydrogen-bond acceptors (Lipinski definition) is 4. The molecule has 0 radical (unpaired) electrons. The van der Waals surface area contributed by atoms with Crippen LogP contribution in [0.4, 0.5) is 5.82 Å². The van der Waals surface area contributed by atoms with E-state index in [0.717, 1.165) is 43.4 Å². The molecule has 112 valence electrons. The number of aromatic nitrogens is 2. The highest BCUT2D eigenvalue weighted by Gasteiger charge is 2.20. The number of rotatable bonds is 4. The molecular formula is C15H24ClN3O. The number of nitrogens with zero attached hydrogens (tertiary/aromatic N) is 3. The Morgan fingerprint density at radius 1 is 1.40 bits per heavy atom. The topological polar surface area (TPSA) is 38.2 Å². The Bertz CT molecular complexity index is 459. The maximum absolute atomic E-state index is 6.25. The van der Waals surface area contributed by atoms with Crippen LogP contribution in [0.15, 0.2) is 0 Å². The van der Waals surface area contributed by atoms with Gasteiger partial charge in [0.1, 0.15) is 16.8 Å². The normalized spacial score (nSPS) is 19.4. The van der Waals surface area contributed by atoms with E-state index >= 15 is 0 Å². The lowest BCUT2D eigenvalue weighted by Gasteiger charge is -2.29. The van der Waals surface area contributed by atoms with Gasteiger partial charge in [-0.25, -0.2) is 9.97 Å². The maximum atomic E-state index is 6.25. The summed E-state index contributed by atoms with van der Waals surface area (Å²) in [7, 11) is 2.07. The van der Waals surface area contributed by atoms with E-state index < -0.39 is 0 Å². The average Bonchev–Trinajstić information content (AvgIpc) is 2.42. The Balaban J connectivity index is 2.17. The molecule has 1 aliphatic rings. The summed E-state index contributed by atoms with van der Waals surface area (Å²) in [5, 5.41) is 0.561. The van der Waals surface area contributed by atoms with Crippen molar-refractivity contribution in [3.63, 3.8) is 0 Å². The van der Waals surface area contributed by atoms with Crippen LogP contribution in [-0.4, -0.2) is 36.8 Å². The van der Waals surface area contributed by atoms with E-state index in [4.69, 9.17) is 16.3 Å². The molecule has 0 aliphatic carbocycles. The molecule has 0 spiro atoms. The van der Waals surface area contributed by atoms with Crippen LogP contribution < -0.4 is 4.90 Å². The van der Waals surface area contributed by atoms with Crippen molar-refractivity contribution in [1.29, 1.82) is 0 Å². The second-order valence-electron chi connectivity index (χ2n) is 5.94. The molecule has 1 atom stereocenters. The summed E-state index contributed by atoms with van der Waals surface area (Å²) in [5.41, 5.74) is 0.954. The van der Waals surface area contributed by atoms with Gasteiger partial charge in [-0.05, 0) is 25.7 Å². The molecular weight excluding hydrogens is 274 g/mol. The molecule has 1 unspecified atom stereocenters. The molecule has 0 amide bonds. The van der Waals surface area contributed by atoms with Crippen LogP contribution in [-0.2, 0) is 4.74 Å². The van der Waals surface area contributed by atoms with Gasteiger partial charge in [-0.1, -0.05) is 25.4 Å². The van der Waals surface area contributed by atoms with Gasteiger partial charge in [0.15, 0.2) is 0 Å². The first kappa shape index (κ1) is 15.5. The molecule has 4 nitrogen and oxygen atoms in total. The van der Waals surface area contributed by atoms with Gasteiger partial charge in [-0.2, -0.15) is 0 Å². The fourth-order valence-corrected chi connectivity index (χ4v) is 2.72. The third-order valence-electron chi connectivity index (χ3n) is 3.74. The van der Waals surface area contributed by atoms with E-state index in [9.17, 15) is 0 Å². The molecule has 1 aromatic rings. The zero-order chi connectivity index (χ0) is 14.7. The van der Waals surface area contributed by atoms with Gasteiger partial charge in [0.05, 0.1) is 6.61 Å². The van der Waals surface area contributed by atoms with E-state index in [1.165, 1.54) is 6.42 Å². The Morgan fingerprint density at radius 3 is 2.75 bits per heavy atom. The van der Waals surface area contributed by atoms with Crippen LogP contribution in [0.5, 0.6) is 0 Å². The molecule has 20 heavy (non-hydrogen) atoms. The lowest BCUT2D eigenvalue weighted by atomic mass is 10.0. The van der Waals surface area contributed by atoms with Crippen LogP contribution in [0.25, 0.3) is 0 Å². The fraction of sp³-hybridized carbons (Fsp3) is 0.733. The zero-order valence-electron chi connectivity index (χ0n) is 12.8. The van der Waals surface area contributed by atoms with Crippen molar-refractivity contribution in [2.75, 3.05) is 31.7 Å². The van der Waals surface area contributed by atoms with Crippen LogP contribution in [0.1, 0.15) is 44.0 Å². The summed E-state index contributed by atoms with van der Waals surface area (Å²) in [5.74, 6) is 2.60. The van der Waals surface area contributed by atoms with Crippen molar-refractivity contribution < 1.29 is 4.74 Å². The summed E-state index contributed by atoms with van der Waals surface area (Å²) < 4.78 is 5.55. The standard InChI is InChI=1S/C15H24ClN3O/c1-10(2)14-17-13(16)11(3)15(18-14)19(4)8-12-6-5-7-20-9-12/h10,12H,5-9H2,1-4H3. The van der Waals surface area contributed by atoms with Gasteiger partial charge in [0.25, 0.3) is 0 Å². The van der Waals surface area contributed by atoms with Gasteiger partial charge in [0, 0.05) is 31.7 Å². The maximum Gasteiger partial charge on any atom is 0.137 e. The van der Waals surface area contributed by atoms with Crippen molar-refractivity contribution in [2.24, 2.45) is 5.92 Å². The molecule has 2 rings (SSSR count). The molecule has 1 fully saturated rings. The van der Waals surface area contributed by atoms with Crippen molar-refractivity contribution >= 4 is 17.4 Å². The summed E-state index contributed by atoms with van der Waals surface area (Å²) in [4.78, 5) is 11.2. The Morgan fingerprint density at radius 2 is 2.15 bits per heavy atom. The van der Waals surface area contributed by atoms with E-state index in [1.807, 2.05) is 6.92 Å².